The lowest BCUT2D eigenvalue weighted by atomic mass is 10.1. The maximum Gasteiger partial charge on any atom is 0.343 e. The van der Waals surface area contributed by atoms with E-state index in [0.29, 0.717) is 60.7 Å². The number of carboxylic acids is 1. The van der Waals surface area contributed by atoms with Crippen LogP contribution < -0.4 is 18.9 Å². The number of unbranched alkanes of at least 4 members (excludes halogenated alkanes) is 10. The second-order valence-corrected chi connectivity index (χ2v) is 15.1. The van der Waals surface area contributed by atoms with Crippen molar-refractivity contribution >= 4 is 29.8 Å². The molecule has 2 aromatic heterocycles. The van der Waals surface area contributed by atoms with Gasteiger partial charge in [-0.3, -0.25) is 0 Å². The molecule has 0 atom stereocenters. The largest absolute Gasteiger partial charge is 0.490 e. The monoisotopic (exact) mass is 914 g/mol. The van der Waals surface area contributed by atoms with E-state index in [0.717, 1.165) is 95.3 Å². The minimum absolute atomic E-state index is 0.139. The molecule has 0 saturated heterocycles. The van der Waals surface area contributed by atoms with Crippen LogP contribution in [0.25, 0.3) is 22.8 Å². The van der Waals surface area contributed by atoms with Gasteiger partial charge in [-0.05, 0) is 68.1 Å². The number of carboxylic acid groups (broad SMARTS) is 1. The molecule has 16 heteroatoms. The molecule has 1 N–H and O–H groups in total. The third-order valence-corrected chi connectivity index (χ3v) is 10.0. The molecule has 3 aromatic carbocycles. The molecule has 0 spiro atoms. The number of carbonyl (C=O) groups excluding carboxylic acids is 4. The molecule has 0 amide bonds. The number of rotatable bonds is 29. The molecule has 5 rings (SSSR count). The predicted octanol–water partition coefficient (Wildman–Crippen LogP) is 9.63. The average molecular weight is 915 g/mol. The summed E-state index contributed by atoms with van der Waals surface area (Å²) in [6.07, 6.45) is 20.2. The van der Waals surface area contributed by atoms with E-state index in [9.17, 15) is 29.1 Å². The highest BCUT2D eigenvalue weighted by molar-refractivity contribution is 5.95. The van der Waals surface area contributed by atoms with Gasteiger partial charge in [-0.15, -0.1) is 0 Å². The van der Waals surface area contributed by atoms with Gasteiger partial charge in [0, 0.05) is 23.3 Å². The number of esters is 4. The van der Waals surface area contributed by atoms with Crippen molar-refractivity contribution in [2.45, 2.75) is 77.0 Å². The summed E-state index contributed by atoms with van der Waals surface area (Å²) in [4.78, 5) is 78.0. The quantitative estimate of drug-likeness (QED) is 0.0205. The summed E-state index contributed by atoms with van der Waals surface area (Å²) in [7, 11) is 0. The Bertz CT molecular complexity index is 2410. The Balaban J connectivity index is 1.06. The van der Waals surface area contributed by atoms with E-state index in [1.165, 1.54) is 36.4 Å². The van der Waals surface area contributed by atoms with Crippen LogP contribution in [0.2, 0.25) is 0 Å². The molecule has 0 saturated carbocycles. The first kappa shape index (κ1) is 50.3. The second kappa shape index (κ2) is 27.5. The van der Waals surface area contributed by atoms with Crippen molar-refractivity contribution in [3.8, 4) is 45.8 Å². The van der Waals surface area contributed by atoms with E-state index >= 15 is 0 Å². The number of ether oxygens (including phenoxy) is 6. The average Bonchev–Trinajstić information content (AvgIpc) is 3.35. The fraction of sp³-hybridized carbons (Fsp3) is 0.314. The van der Waals surface area contributed by atoms with Crippen molar-refractivity contribution in [3.63, 3.8) is 0 Å². The number of carbonyl (C=O) groups is 5. The van der Waals surface area contributed by atoms with Gasteiger partial charge in [0.25, 0.3) is 0 Å². The first-order valence-corrected chi connectivity index (χ1v) is 22.1. The van der Waals surface area contributed by atoms with Crippen LogP contribution in [0, 0.1) is 0 Å². The fourth-order valence-corrected chi connectivity index (χ4v) is 6.38. The van der Waals surface area contributed by atoms with Crippen molar-refractivity contribution in [2.24, 2.45) is 0 Å². The van der Waals surface area contributed by atoms with Crippen LogP contribution in [0.5, 0.6) is 23.0 Å². The summed E-state index contributed by atoms with van der Waals surface area (Å²) in [5, 5.41) is 9.63. The lowest BCUT2D eigenvalue weighted by Gasteiger charge is -2.12. The van der Waals surface area contributed by atoms with Crippen molar-refractivity contribution in [1.29, 1.82) is 0 Å². The van der Waals surface area contributed by atoms with Gasteiger partial charge in [-0.25, -0.2) is 43.9 Å². The highest BCUT2D eigenvalue weighted by atomic mass is 16.6. The number of aromatic carboxylic acids is 1. The lowest BCUT2D eigenvalue weighted by molar-refractivity contribution is -0.138. The third kappa shape index (κ3) is 17.3. The zero-order valence-corrected chi connectivity index (χ0v) is 37.3. The highest BCUT2D eigenvalue weighted by Crippen LogP contribution is 2.31. The fourth-order valence-electron chi connectivity index (χ4n) is 6.38. The van der Waals surface area contributed by atoms with E-state index in [-0.39, 0.29) is 28.2 Å². The Morgan fingerprint density at radius 1 is 0.463 bits per heavy atom. The normalized spacial score (nSPS) is 10.6. The van der Waals surface area contributed by atoms with Gasteiger partial charge >= 0.3 is 29.8 Å². The van der Waals surface area contributed by atoms with Crippen LogP contribution in [0.15, 0.2) is 117 Å². The zero-order valence-electron chi connectivity index (χ0n) is 37.3. The molecule has 350 valence electrons. The molecule has 0 aliphatic heterocycles. The van der Waals surface area contributed by atoms with Gasteiger partial charge in [0.05, 0.1) is 67.9 Å². The van der Waals surface area contributed by atoms with Crippen LogP contribution in [0.4, 0.5) is 0 Å². The summed E-state index contributed by atoms with van der Waals surface area (Å²) in [5.74, 6) is -2.20. The molecule has 0 aliphatic rings. The van der Waals surface area contributed by atoms with Gasteiger partial charge in [0.2, 0.25) is 0 Å². The third-order valence-electron chi connectivity index (χ3n) is 10.0. The molecule has 5 aromatic rings. The molecule has 0 unspecified atom stereocenters. The summed E-state index contributed by atoms with van der Waals surface area (Å²) in [6.45, 7) is 8.62. The standard InChI is InChI=1S/C51H54N4O12/c1-3-45(56)64-29-15-11-7-5-9-13-27-62-41-32-52-47(53-33-41)36-17-21-38(22-18-36)50(60)66-43-26-25-40(49(58)59)31-44(43)67-51(61)39-23-19-37(20-24-39)48-54-34-42(35-55-48)63-28-14-10-6-8-12-16-30-65-46(57)4-2/h3-4,17-26,31-35H,1-2,5-16,27-30H2,(H,58,59). The summed E-state index contributed by atoms with van der Waals surface area (Å²) >= 11 is 0. The zero-order chi connectivity index (χ0) is 47.6. The summed E-state index contributed by atoms with van der Waals surface area (Å²) < 4.78 is 32.7. The van der Waals surface area contributed by atoms with Crippen LogP contribution >= 0.6 is 0 Å². The molecule has 16 nitrogen and oxygen atoms in total. The van der Waals surface area contributed by atoms with Crippen molar-refractivity contribution in [1.82, 2.24) is 19.9 Å². The van der Waals surface area contributed by atoms with Gasteiger partial charge < -0.3 is 33.5 Å². The maximum atomic E-state index is 13.3. The number of hydrogen-bond acceptors (Lipinski definition) is 15. The highest BCUT2D eigenvalue weighted by Gasteiger charge is 2.20. The summed E-state index contributed by atoms with van der Waals surface area (Å²) in [6, 6.07) is 16.3. The molecule has 0 aliphatic carbocycles. The number of nitrogens with zero attached hydrogens (tertiary/aromatic N) is 4. The first-order valence-electron chi connectivity index (χ1n) is 22.1. The van der Waals surface area contributed by atoms with Gasteiger partial charge in [0.1, 0.15) is 0 Å². The first-order chi connectivity index (χ1) is 32.6. The van der Waals surface area contributed by atoms with Crippen LogP contribution in [0.1, 0.15) is 108 Å². The molecule has 0 radical (unpaired) electrons. The number of hydrogen-bond donors (Lipinski definition) is 1. The maximum absolute atomic E-state index is 13.3. The Hall–Kier alpha value is -7.75. The van der Waals surface area contributed by atoms with Crippen LogP contribution in [-0.4, -0.2) is 81.3 Å². The Morgan fingerprint density at radius 3 is 1.21 bits per heavy atom. The lowest BCUT2D eigenvalue weighted by Crippen LogP contribution is -2.13. The molecule has 0 bridgehead atoms. The number of benzene rings is 3. The molecular weight excluding hydrogens is 861 g/mol. The minimum Gasteiger partial charge on any atom is -0.490 e. The van der Waals surface area contributed by atoms with E-state index in [1.54, 1.807) is 49.1 Å². The van der Waals surface area contributed by atoms with Crippen LogP contribution in [-0.2, 0) is 19.1 Å². The molecule has 2 heterocycles. The SMILES string of the molecule is C=CC(=O)OCCCCCCCCOc1cnc(-c2ccc(C(=O)Oc3ccc(C(=O)O)cc3OC(=O)c3ccc(-c4ncc(OCCCCCCCCOC(=O)C=C)cn4)cc3)cc2)nc1. The topological polar surface area (TPSA) is 213 Å². The van der Waals surface area contributed by atoms with Gasteiger partial charge in [-0.2, -0.15) is 0 Å². The molecule has 67 heavy (non-hydrogen) atoms. The van der Waals surface area contributed by atoms with Crippen molar-refractivity contribution < 1.29 is 57.5 Å². The molecule has 0 fully saturated rings. The van der Waals surface area contributed by atoms with E-state index in [2.05, 4.69) is 33.1 Å². The second-order valence-electron chi connectivity index (χ2n) is 15.1. The Labute approximate surface area is 389 Å². The van der Waals surface area contributed by atoms with Crippen molar-refractivity contribution in [3.05, 3.63) is 134 Å². The smallest absolute Gasteiger partial charge is 0.343 e. The Morgan fingerprint density at radius 2 is 0.821 bits per heavy atom. The Kier molecular flexibility index (Phi) is 20.7. The van der Waals surface area contributed by atoms with E-state index in [4.69, 9.17) is 28.4 Å². The minimum atomic E-state index is -1.27. The van der Waals surface area contributed by atoms with E-state index < -0.39 is 29.8 Å². The van der Waals surface area contributed by atoms with Crippen LogP contribution in [0.3, 0.4) is 0 Å². The van der Waals surface area contributed by atoms with Crippen molar-refractivity contribution in [2.75, 3.05) is 26.4 Å². The predicted molar refractivity (Wildman–Crippen MR) is 247 cm³/mol. The van der Waals surface area contributed by atoms with Gasteiger partial charge in [-0.1, -0.05) is 88.8 Å². The number of aromatic nitrogens is 4. The van der Waals surface area contributed by atoms with Gasteiger partial charge in [0.15, 0.2) is 34.6 Å². The van der Waals surface area contributed by atoms with E-state index in [1.807, 2.05) is 0 Å². The molecular formula is C51H54N4O12. The summed E-state index contributed by atoms with van der Waals surface area (Å²) in [5.41, 5.74) is 1.39.